The van der Waals surface area contributed by atoms with Gasteiger partial charge in [-0.15, -0.1) is 0 Å². The number of nitrogens with zero attached hydrogens (tertiary/aromatic N) is 1. The SMILES string of the molecule is CCN(CC(C)C(N)=S)C(=O)c1cc(O)ccc1Cl. The Morgan fingerprint density at radius 3 is 2.74 bits per heavy atom. The van der Waals surface area contributed by atoms with E-state index in [1.165, 1.54) is 18.2 Å². The quantitative estimate of drug-likeness (QED) is 0.820. The summed E-state index contributed by atoms with van der Waals surface area (Å²) in [6.45, 7) is 4.66. The van der Waals surface area contributed by atoms with Crippen LogP contribution in [-0.2, 0) is 0 Å². The first-order valence-electron chi connectivity index (χ1n) is 5.93. The lowest BCUT2D eigenvalue weighted by molar-refractivity contribution is 0.0754. The second-order valence-corrected chi connectivity index (χ2v) is 5.19. The molecule has 1 amide bonds. The fourth-order valence-corrected chi connectivity index (χ4v) is 1.90. The van der Waals surface area contributed by atoms with Gasteiger partial charge < -0.3 is 15.7 Å². The van der Waals surface area contributed by atoms with Crippen LogP contribution < -0.4 is 5.73 Å². The minimum Gasteiger partial charge on any atom is -0.508 e. The van der Waals surface area contributed by atoms with E-state index in [1.54, 1.807) is 4.90 Å². The highest BCUT2D eigenvalue weighted by atomic mass is 35.5. The van der Waals surface area contributed by atoms with Crippen molar-refractivity contribution in [2.75, 3.05) is 13.1 Å². The first-order chi connectivity index (χ1) is 8.86. The summed E-state index contributed by atoms with van der Waals surface area (Å²) in [5, 5.41) is 9.75. The molecule has 0 bridgehead atoms. The molecule has 0 aliphatic heterocycles. The van der Waals surface area contributed by atoms with Crippen LogP contribution in [0, 0.1) is 5.92 Å². The molecule has 1 aromatic rings. The van der Waals surface area contributed by atoms with Crippen molar-refractivity contribution in [3.63, 3.8) is 0 Å². The summed E-state index contributed by atoms with van der Waals surface area (Å²) < 4.78 is 0. The second-order valence-electron chi connectivity index (χ2n) is 4.31. The molecule has 0 spiro atoms. The number of carbonyl (C=O) groups is 1. The number of hydrogen-bond donors (Lipinski definition) is 2. The summed E-state index contributed by atoms with van der Waals surface area (Å²) in [4.78, 5) is 14.3. The Balaban J connectivity index is 2.95. The number of carbonyl (C=O) groups excluding carboxylic acids is 1. The molecule has 0 saturated carbocycles. The number of phenols is 1. The standard InChI is InChI=1S/C13H17ClN2O2S/c1-3-16(7-8(2)12(15)19)13(18)10-6-9(17)4-5-11(10)14/h4-6,8,17H,3,7H2,1-2H3,(H2,15,19). The molecular formula is C13H17ClN2O2S. The van der Waals surface area contributed by atoms with Crippen molar-refractivity contribution in [2.45, 2.75) is 13.8 Å². The number of thiocarbonyl (C=S) groups is 1. The topological polar surface area (TPSA) is 66.6 Å². The first-order valence-corrected chi connectivity index (χ1v) is 6.72. The predicted molar refractivity (Wildman–Crippen MR) is 80.6 cm³/mol. The molecule has 1 unspecified atom stereocenters. The average Bonchev–Trinajstić information content (AvgIpc) is 2.37. The van der Waals surface area contributed by atoms with Gasteiger partial charge in [0, 0.05) is 19.0 Å². The Hall–Kier alpha value is -1.33. The van der Waals surface area contributed by atoms with Gasteiger partial charge in [-0.05, 0) is 25.1 Å². The zero-order valence-corrected chi connectivity index (χ0v) is 12.5. The van der Waals surface area contributed by atoms with Crippen LogP contribution in [-0.4, -0.2) is 34.0 Å². The van der Waals surface area contributed by atoms with Crippen molar-refractivity contribution >= 4 is 34.7 Å². The number of hydrogen-bond acceptors (Lipinski definition) is 3. The molecule has 0 radical (unpaired) electrons. The minimum absolute atomic E-state index is 0.00574. The Bertz CT molecular complexity index is 494. The molecule has 4 nitrogen and oxygen atoms in total. The van der Waals surface area contributed by atoms with Crippen molar-refractivity contribution in [3.8, 4) is 5.75 Å². The maximum Gasteiger partial charge on any atom is 0.255 e. The highest BCUT2D eigenvalue weighted by Gasteiger charge is 2.20. The van der Waals surface area contributed by atoms with Crippen LogP contribution >= 0.6 is 23.8 Å². The number of benzene rings is 1. The third kappa shape index (κ3) is 4.08. The third-order valence-electron chi connectivity index (χ3n) is 2.83. The zero-order chi connectivity index (χ0) is 14.6. The van der Waals surface area contributed by atoms with Crippen LogP contribution in [0.15, 0.2) is 18.2 Å². The molecule has 0 fully saturated rings. The van der Waals surface area contributed by atoms with Crippen LogP contribution in [0.3, 0.4) is 0 Å². The third-order valence-corrected chi connectivity index (χ3v) is 3.56. The number of amides is 1. The molecule has 1 aromatic carbocycles. The lowest BCUT2D eigenvalue weighted by Gasteiger charge is -2.24. The maximum atomic E-state index is 12.4. The van der Waals surface area contributed by atoms with E-state index in [0.29, 0.717) is 23.1 Å². The summed E-state index contributed by atoms with van der Waals surface area (Å²) in [5.74, 6) is -0.312. The Morgan fingerprint density at radius 1 is 1.58 bits per heavy atom. The van der Waals surface area contributed by atoms with Gasteiger partial charge in [0.05, 0.1) is 15.6 Å². The summed E-state index contributed by atoms with van der Waals surface area (Å²) >= 11 is 10.9. The molecule has 3 N–H and O–H groups in total. The van der Waals surface area contributed by atoms with Gasteiger partial charge in [-0.3, -0.25) is 4.79 Å². The fraction of sp³-hybridized carbons (Fsp3) is 0.385. The summed E-state index contributed by atoms with van der Waals surface area (Å²) in [6, 6.07) is 4.29. The molecule has 104 valence electrons. The van der Waals surface area contributed by atoms with Gasteiger partial charge in [0.1, 0.15) is 5.75 Å². The molecule has 0 aliphatic rings. The molecule has 0 saturated heterocycles. The van der Waals surface area contributed by atoms with Crippen molar-refractivity contribution in [1.82, 2.24) is 4.90 Å². The van der Waals surface area contributed by atoms with Crippen LogP contribution in [0.4, 0.5) is 0 Å². The summed E-state index contributed by atoms with van der Waals surface area (Å²) in [7, 11) is 0. The van der Waals surface area contributed by atoms with E-state index in [9.17, 15) is 9.90 Å². The highest BCUT2D eigenvalue weighted by molar-refractivity contribution is 7.80. The van der Waals surface area contributed by atoms with Crippen molar-refractivity contribution < 1.29 is 9.90 Å². The molecule has 0 aliphatic carbocycles. The van der Waals surface area contributed by atoms with E-state index >= 15 is 0 Å². The van der Waals surface area contributed by atoms with Gasteiger partial charge >= 0.3 is 0 Å². The van der Waals surface area contributed by atoms with E-state index in [1.807, 2.05) is 13.8 Å². The van der Waals surface area contributed by atoms with Crippen molar-refractivity contribution in [1.29, 1.82) is 0 Å². The van der Waals surface area contributed by atoms with E-state index in [2.05, 4.69) is 0 Å². The van der Waals surface area contributed by atoms with Gasteiger partial charge in [0.25, 0.3) is 5.91 Å². The van der Waals surface area contributed by atoms with Crippen molar-refractivity contribution in [2.24, 2.45) is 11.7 Å². The first kappa shape index (κ1) is 15.7. The maximum absolute atomic E-state index is 12.4. The molecule has 0 aromatic heterocycles. The van der Waals surface area contributed by atoms with Gasteiger partial charge in [-0.25, -0.2) is 0 Å². The van der Waals surface area contributed by atoms with Crippen LogP contribution in [0.5, 0.6) is 5.75 Å². The predicted octanol–water partition coefficient (Wildman–Crippen LogP) is 2.43. The van der Waals surface area contributed by atoms with Gasteiger partial charge in [0.15, 0.2) is 0 Å². The van der Waals surface area contributed by atoms with Gasteiger partial charge in [-0.2, -0.15) is 0 Å². The lowest BCUT2D eigenvalue weighted by Crippen LogP contribution is -2.38. The Morgan fingerprint density at radius 2 is 2.21 bits per heavy atom. The second kappa shape index (κ2) is 6.73. The number of aromatic hydroxyl groups is 1. The lowest BCUT2D eigenvalue weighted by atomic mass is 10.1. The molecule has 0 heterocycles. The van der Waals surface area contributed by atoms with E-state index in [4.69, 9.17) is 29.6 Å². The minimum atomic E-state index is -0.244. The monoisotopic (exact) mass is 300 g/mol. The fourth-order valence-electron chi connectivity index (χ4n) is 1.62. The van der Waals surface area contributed by atoms with E-state index in [-0.39, 0.29) is 23.1 Å². The van der Waals surface area contributed by atoms with E-state index in [0.717, 1.165) is 0 Å². The van der Waals surface area contributed by atoms with Gasteiger partial charge in [0.2, 0.25) is 0 Å². The summed E-state index contributed by atoms with van der Waals surface area (Å²) in [6.07, 6.45) is 0. The molecular weight excluding hydrogens is 284 g/mol. The molecule has 19 heavy (non-hydrogen) atoms. The Kier molecular flexibility index (Phi) is 5.57. The van der Waals surface area contributed by atoms with E-state index < -0.39 is 0 Å². The molecule has 1 rings (SSSR count). The number of halogens is 1. The average molecular weight is 301 g/mol. The number of nitrogens with two attached hydrogens (primary N) is 1. The highest BCUT2D eigenvalue weighted by Crippen LogP contribution is 2.23. The number of rotatable bonds is 5. The Labute approximate surface area is 123 Å². The normalized spacial score (nSPS) is 11.9. The van der Waals surface area contributed by atoms with Gasteiger partial charge in [-0.1, -0.05) is 30.7 Å². The van der Waals surface area contributed by atoms with Crippen molar-refractivity contribution in [3.05, 3.63) is 28.8 Å². The number of phenolic OH excluding ortho intramolecular Hbond substituents is 1. The van der Waals surface area contributed by atoms with Crippen LogP contribution in [0.1, 0.15) is 24.2 Å². The largest absolute Gasteiger partial charge is 0.508 e. The van der Waals surface area contributed by atoms with Crippen LogP contribution in [0.25, 0.3) is 0 Å². The van der Waals surface area contributed by atoms with Crippen LogP contribution in [0.2, 0.25) is 5.02 Å². The molecule has 1 atom stereocenters. The smallest absolute Gasteiger partial charge is 0.255 e. The zero-order valence-electron chi connectivity index (χ0n) is 10.9. The molecule has 6 heteroatoms. The summed E-state index contributed by atoms with van der Waals surface area (Å²) in [5.41, 5.74) is 5.84.